The van der Waals surface area contributed by atoms with E-state index in [0.717, 1.165) is 17.0 Å². The summed E-state index contributed by atoms with van der Waals surface area (Å²) in [5.74, 6) is -2.02. The molecule has 1 aromatic heterocycles. The highest BCUT2D eigenvalue weighted by Crippen LogP contribution is 2.02. The standard InChI is InChI=1S/C12H17N3O5S/c1-8-7-21-12(20)15(8)4-2-3-9(16)13-5-10(17)14-6-11(18)19/h7H,2-6H2,1H3,(H,13,16)(H,14,17)(H,18,19). The molecule has 3 N–H and O–H groups in total. The lowest BCUT2D eigenvalue weighted by molar-refractivity contribution is -0.137. The molecule has 2 amide bonds. The minimum atomic E-state index is -1.15. The fourth-order valence-electron chi connectivity index (χ4n) is 1.58. The number of hydrogen-bond donors (Lipinski definition) is 3. The monoisotopic (exact) mass is 315 g/mol. The number of rotatable bonds is 8. The lowest BCUT2D eigenvalue weighted by Crippen LogP contribution is -2.39. The van der Waals surface area contributed by atoms with E-state index >= 15 is 0 Å². The Balaban J connectivity index is 2.21. The quantitative estimate of drug-likeness (QED) is 0.587. The van der Waals surface area contributed by atoms with E-state index in [2.05, 4.69) is 10.6 Å². The van der Waals surface area contributed by atoms with Crippen LogP contribution in [0.25, 0.3) is 0 Å². The van der Waals surface area contributed by atoms with Crippen LogP contribution >= 0.6 is 11.3 Å². The molecule has 0 aliphatic rings. The number of carbonyl (C=O) groups is 3. The normalized spacial score (nSPS) is 10.1. The second kappa shape index (κ2) is 8.20. The molecule has 0 saturated carbocycles. The average molecular weight is 315 g/mol. The number of hydrogen-bond acceptors (Lipinski definition) is 5. The Hall–Kier alpha value is -2.16. The number of aliphatic carboxylic acids is 1. The van der Waals surface area contributed by atoms with E-state index in [9.17, 15) is 19.2 Å². The summed E-state index contributed by atoms with van der Waals surface area (Å²) in [4.78, 5) is 44.3. The number of nitrogens with one attached hydrogen (secondary N) is 2. The molecule has 0 unspecified atom stereocenters. The molecule has 116 valence electrons. The molecule has 0 aliphatic carbocycles. The molecule has 0 saturated heterocycles. The predicted molar refractivity (Wildman–Crippen MR) is 76.2 cm³/mol. The maximum absolute atomic E-state index is 11.5. The molecule has 21 heavy (non-hydrogen) atoms. The van der Waals surface area contributed by atoms with Gasteiger partial charge in [0.2, 0.25) is 11.8 Å². The van der Waals surface area contributed by atoms with Gasteiger partial charge in [0.1, 0.15) is 6.54 Å². The molecule has 1 aromatic rings. The van der Waals surface area contributed by atoms with Gasteiger partial charge in [-0.3, -0.25) is 19.2 Å². The van der Waals surface area contributed by atoms with Crippen molar-refractivity contribution < 1.29 is 19.5 Å². The first-order chi connectivity index (χ1) is 9.90. The second-order valence-electron chi connectivity index (χ2n) is 4.35. The Kier molecular flexibility index (Phi) is 6.60. The zero-order valence-corrected chi connectivity index (χ0v) is 12.4. The molecule has 8 nitrogen and oxygen atoms in total. The molecule has 1 rings (SSSR count). The zero-order valence-electron chi connectivity index (χ0n) is 11.5. The van der Waals surface area contributed by atoms with Gasteiger partial charge >= 0.3 is 10.8 Å². The van der Waals surface area contributed by atoms with Crippen LogP contribution in [0, 0.1) is 6.92 Å². The highest BCUT2D eigenvalue weighted by molar-refractivity contribution is 7.07. The average Bonchev–Trinajstić information content (AvgIpc) is 2.74. The zero-order chi connectivity index (χ0) is 15.8. The van der Waals surface area contributed by atoms with E-state index in [1.165, 1.54) is 0 Å². The van der Waals surface area contributed by atoms with Crippen molar-refractivity contribution in [2.75, 3.05) is 13.1 Å². The number of amides is 2. The third kappa shape index (κ3) is 6.21. The molecule has 0 aromatic carbocycles. The number of carboxylic acids is 1. The molecule has 0 bridgehead atoms. The Morgan fingerprint density at radius 3 is 2.48 bits per heavy atom. The SMILES string of the molecule is Cc1csc(=O)n1CCCC(=O)NCC(=O)NCC(=O)O. The van der Waals surface area contributed by atoms with Crippen molar-refractivity contribution in [2.45, 2.75) is 26.3 Å². The molecular formula is C12H17N3O5S. The molecule has 1 heterocycles. The first kappa shape index (κ1) is 16.9. The molecule has 0 atom stereocenters. The van der Waals surface area contributed by atoms with Gasteiger partial charge in [0, 0.05) is 24.0 Å². The van der Waals surface area contributed by atoms with Crippen LogP contribution in [-0.4, -0.2) is 40.5 Å². The lowest BCUT2D eigenvalue weighted by atomic mass is 10.3. The van der Waals surface area contributed by atoms with E-state index in [4.69, 9.17) is 5.11 Å². The summed E-state index contributed by atoms with van der Waals surface area (Å²) < 4.78 is 1.59. The van der Waals surface area contributed by atoms with Gasteiger partial charge in [0.15, 0.2) is 0 Å². The highest BCUT2D eigenvalue weighted by atomic mass is 32.1. The van der Waals surface area contributed by atoms with Gasteiger partial charge in [-0.1, -0.05) is 11.3 Å². The minimum absolute atomic E-state index is 0.0547. The third-order valence-corrected chi connectivity index (χ3v) is 3.53. The number of nitrogens with zero attached hydrogens (tertiary/aromatic N) is 1. The van der Waals surface area contributed by atoms with E-state index in [0.29, 0.717) is 13.0 Å². The first-order valence-corrected chi connectivity index (χ1v) is 7.18. The van der Waals surface area contributed by atoms with E-state index < -0.39 is 18.4 Å². The maximum atomic E-state index is 11.5. The van der Waals surface area contributed by atoms with Crippen LogP contribution in [0.3, 0.4) is 0 Å². The van der Waals surface area contributed by atoms with Crippen molar-refractivity contribution >= 4 is 29.1 Å². The fourth-order valence-corrected chi connectivity index (χ4v) is 2.34. The Bertz CT molecular complexity index is 578. The van der Waals surface area contributed by atoms with Crippen LogP contribution in [0.2, 0.25) is 0 Å². The molecule has 0 fully saturated rings. The summed E-state index contributed by atoms with van der Waals surface area (Å²) in [6.45, 7) is 1.54. The van der Waals surface area contributed by atoms with Crippen molar-refractivity contribution in [3.05, 3.63) is 20.7 Å². The van der Waals surface area contributed by atoms with E-state index in [1.807, 2.05) is 6.92 Å². The molecule has 0 radical (unpaired) electrons. The van der Waals surface area contributed by atoms with Gasteiger partial charge in [-0.2, -0.15) is 0 Å². The minimum Gasteiger partial charge on any atom is -0.480 e. The number of thiazole rings is 1. The summed E-state index contributed by atoms with van der Waals surface area (Å²) in [5, 5.41) is 14.6. The molecular weight excluding hydrogens is 298 g/mol. The largest absolute Gasteiger partial charge is 0.480 e. The van der Waals surface area contributed by atoms with Crippen LogP contribution in [-0.2, 0) is 20.9 Å². The van der Waals surface area contributed by atoms with Gasteiger partial charge in [-0.15, -0.1) is 0 Å². The maximum Gasteiger partial charge on any atom is 0.322 e. The summed E-state index contributed by atoms with van der Waals surface area (Å²) in [7, 11) is 0. The van der Waals surface area contributed by atoms with Gasteiger partial charge < -0.3 is 20.3 Å². The van der Waals surface area contributed by atoms with Crippen molar-refractivity contribution in [1.29, 1.82) is 0 Å². The number of aromatic nitrogens is 1. The van der Waals surface area contributed by atoms with Crippen LogP contribution in [0.4, 0.5) is 0 Å². The smallest absolute Gasteiger partial charge is 0.322 e. The van der Waals surface area contributed by atoms with Gasteiger partial charge in [-0.25, -0.2) is 0 Å². The fraction of sp³-hybridized carbons (Fsp3) is 0.500. The summed E-state index contributed by atoms with van der Waals surface area (Å²) in [6, 6.07) is 0. The number of carboxylic acid groups (broad SMARTS) is 1. The van der Waals surface area contributed by atoms with Crippen molar-refractivity contribution in [2.24, 2.45) is 0 Å². The van der Waals surface area contributed by atoms with Gasteiger partial charge in [0.25, 0.3) is 0 Å². The Morgan fingerprint density at radius 2 is 1.90 bits per heavy atom. The van der Waals surface area contributed by atoms with Crippen LogP contribution in [0.15, 0.2) is 10.2 Å². The van der Waals surface area contributed by atoms with Gasteiger partial charge in [-0.05, 0) is 13.3 Å². The van der Waals surface area contributed by atoms with Crippen molar-refractivity contribution in [3.63, 3.8) is 0 Å². The predicted octanol–water partition coefficient (Wildman–Crippen LogP) is -0.685. The van der Waals surface area contributed by atoms with Gasteiger partial charge in [0.05, 0.1) is 6.54 Å². The molecule has 9 heteroatoms. The Morgan fingerprint density at radius 1 is 1.24 bits per heavy atom. The summed E-state index contributed by atoms with van der Waals surface area (Å²) in [6.07, 6.45) is 0.675. The van der Waals surface area contributed by atoms with Crippen LogP contribution in [0.1, 0.15) is 18.5 Å². The van der Waals surface area contributed by atoms with Crippen molar-refractivity contribution in [1.82, 2.24) is 15.2 Å². The summed E-state index contributed by atoms with van der Waals surface area (Å²) in [5.41, 5.74) is 0.860. The lowest BCUT2D eigenvalue weighted by Gasteiger charge is -2.06. The van der Waals surface area contributed by atoms with E-state index in [1.54, 1.807) is 9.95 Å². The molecule has 0 spiro atoms. The highest BCUT2D eigenvalue weighted by Gasteiger charge is 2.08. The van der Waals surface area contributed by atoms with Crippen molar-refractivity contribution in [3.8, 4) is 0 Å². The Labute approximate surface area is 124 Å². The number of aryl methyl sites for hydroxylation is 1. The number of carbonyl (C=O) groups excluding carboxylic acids is 2. The van der Waals surface area contributed by atoms with Crippen LogP contribution in [0.5, 0.6) is 0 Å². The van der Waals surface area contributed by atoms with E-state index in [-0.39, 0.29) is 23.7 Å². The summed E-state index contributed by atoms with van der Waals surface area (Å²) >= 11 is 1.12. The second-order valence-corrected chi connectivity index (χ2v) is 5.17. The molecule has 0 aliphatic heterocycles. The third-order valence-electron chi connectivity index (χ3n) is 2.64. The topological polar surface area (TPSA) is 118 Å². The first-order valence-electron chi connectivity index (χ1n) is 6.30. The van der Waals surface area contributed by atoms with Crippen LogP contribution < -0.4 is 15.5 Å².